The Kier molecular flexibility index (Phi) is 9.92. The van der Waals surface area contributed by atoms with Crippen molar-refractivity contribution in [3.05, 3.63) is 0 Å². The van der Waals surface area contributed by atoms with Gasteiger partial charge in [-0.05, 0) is 18.4 Å². The Labute approximate surface area is 107 Å². The van der Waals surface area contributed by atoms with Crippen LogP contribution in [0.5, 0.6) is 0 Å². The van der Waals surface area contributed by atoms with Crippen LogP contribution in [0, 0.1) is 11.3 Å². The highest BCUT2D eigenvalue weighted by molar-refractivity contribution is 7.98. The number of methoxy groups -OCH3 is 1. The van der Waals surface area contributed by atoms with Crippen LogP contribution < -0.4 is 5.73 Å². The summed E-state index contributed by atoms with van der Waals surface area (Å²) in [6.45, 7) is 1.38. The molecule has 0 aromatic rings. The predicted octanol–water partition coefficient (Wildman–Crippen LogP) is 0.455. The molecular formula is C11H21N3O2S. The molecule has 0 radical (unpaired) electrons. The summed E-state index contributed by atoms with van der Waals surface area (Å²) in [7, 11) is 1.58. The summed E-state index contributed by atoms with van der Waals surface area (Å²) in [4.78, 5) is 13.6. The molecule has 0 aliphatic rings. The van der Waals surface area contributed by atoms with Gasteiger partial charge in [-0.1, -0.05) is 0 Å². The van der Waals surface area contributed by atoms with Crippen LogP contribution in [0.3, 0.4) is 0 Å². The highest BCUT2D eigenvalue weighted by atomic mass is 32.2. The van der Waals surface area contributed by atoms with E-state index >= 15 is 0 Å². The zero-order chi connectivity index (χ0) is 13.1. The van der Waals surface area contributed by atoms with Gasteiger partial charge in [-0.3, -0.25) is 4.79 Å². The van der Waals surface area contributed by atoms with Gasteiger partial charge in [0.1, 0.15) is 0 Å². The Morgan fingerprint density at radius 1 is 1.59 bits per heavy atom. The van der Waals surface area contributed by atoms with Gasteiger partial charge in [0.2, 0.25) is 5.91 Å². The molecule has 0 heterocycles. The van der Waals surface area contributed by atoms with E-state index in [1.54, 1.807) is 23.8 Å². The first-order valence-electron chi connectivity index (χ1n) is 5.56. The van der Waals surface area contributed by atoms with Crippen LogP contribution in [-0.4, -0.2) is 55.7 Å². The number of carbonyl (C=O) groups excluding carboxylic acids is 1. The third-order valence-electron chi connectivity index (χ3n) is 2.32. The SMILES string of the molecule is COCCN(CCC#N)C(=O)[C@@H](N)CCSC. The number of nitriles is 1. The first-order valence-corrected chi connectivity index (χ1v) is 6.96. The minimum absolute atomic E-state index is 0.0913. The summed E-state index contributed by atoms with van der Waals surface area (Å²) in [6, 6.07) is 1.56. The number of rotatable bonds is 9. The summed E-state index contributed by atoms with van der Waals surface area (Å²) < 4.78 is 4.94. The van der Waals surface area contributed by atoms with Gasteiger partial charge in [0.05, 0.1) is 25.1 Å². The standard InChI is InChI=1S/C11H21N3O2S/c1-16-8-7-14(6-3-5-12)11(15)10(13)4-9-17-2/h10H,3-4,6-9,13H2,1-2H3/t10-/m0/s1. The van der Waals surface area contributed by atoms with E-state index in [0.29, 0.717) is 32.5 Å². The maximum absolute atomic E-state index is 12.0. The Bertz CT molecular complexity index is 256. The second-order valence-corrected chi connectivity index (χ2v) is 4.60. The van der Waals surface area contributed by atoms with E-state index in [1.165, 1.54) is 0 Å². The van der Waals surface area contributed by atoms with E-state index in [1.807, 2.05) is 12.3 Å². The summed E-state index contributed by atoms with van der Waals surface area (Å²) >= 11 is 1.67. The maximum atomic E-state index is 12.0. The van der Waals surface area contributed by atoms with Crippen molar-refractivity contribution < 1.29 is 9.53 Å². The van der Waals surface area contributed by atoms with Crippen LogP contribution in [0.25, 0.3) is 0 Å². The Morgan fingerprint density at radius 2 is 2.29 bits per heavy atom. The summed E-state index contributed by atoms with van der Waals surface area (Å²) in [5, 5.41) is 8.55. The van der Waals surface area contributed by atoms with Crippen molar-refractivity contribution >= 4 is 17.7 Å². The molecule has 2 N–H and O–H groups in total. The quantitative estimate of drug-likeness (QED) is 0.650. The molecule has 0 saturated carbocycles. The first-order chi connectivity index (χ1) is 8.17. The zero-order valence-electron chi connectivity index (χ0n) is 10.5. The molecule has 0 saturated heterocycles. The van der Waals surface area contributed by atoms with E-state index < -0.39 is 6.04 Å². The first kappa shape index (κ1) is 16.2. The van der Waals surface area contributed by atoms with Gasteiger partial charge < -0.3 is 15.4 Å². The fourth-order valence-electron chi connectivity index (χ4n) is 1.32. The van der Waals surface area contributed by atoms with Crippen LogP contribution in [0.15, 0.2) is 0 Å². The zero-order valence-corrected chi connectivity index (χ0v) is 11.3. The molecule has 0 aromatic heterocycles. The molecule has 0 unspecified atom stereocenters. The molecule has 0 aliphatic heterocycles. The molecule has 0 fully saturated rings. The minimum Gasteiger partial charge on any atom is -0.383 e. The molecule has 0 rings (SSSR count). The second-order valence-electron chi connectivity index (χ2n) is 3.61. The summed E-state index contributed by atoms with van der Waals surface area (Å²) in [6.07, 6.45) is 2.97. The van der Waals surface area contributed by atoms with Gasteiger partial charge in [-0.25, -0.2) is 0 Å². The minimum atomic E-state index is -0.474. The van der Waals surface area contributed by atoms with Crippen LogP contribution in [-0.2, 0) is 9.53 Å². The molecule has 0 aliphatic carbocycles. The lowest BCUT2D eigenvalue weighted by molar-refractivity contribution is -0.133. The molecular weight excluding hydrogens is 238 g/mol. The average Bonchev–Trinajstić information content (AvgIpc) is 2.35. The summed E-state index contributed by atoms with van der Waals surface area (Å²) in [5.41, 5.74) is 5.82. The number of hydrogen-bond donors (Lipinski definition) is 1. The van der Waals surface area contributed by atoms with Gasteiger partial charge >= 0.3 is 0 Å². The molecule has 98 valence electrons. The van der Waals surface area contributed by atoms with Crippen molar-refractivity contribution in [3.63, 3.8) is 0 Å². The Morgan fingerprint density at radius 3 is 2.82 bits per heavy atom. The lowest BCUT2D eigenvalue weighted by atomic mass is 10.2. The van der Waals surface area contributed by atoms with Crippen molar-refractivity contribution in [2.45, 2.75) is 18.9 Å². The number of hydrogen-bond acceptors (Lipinski definition) is 5. The number of nitrogens with zero attached hydrogens (tertiary/aromatic N) is 2. The van der Waals surface area contributed by atoms with Crippen molar-refractivity contribution in [1.82, 2.24) is 4.90 Å². The lowest BCUT2D eigenvalue weighted by Crippen LogP contribution is -2.45. The molecule has 17 heavy (non-hydrogen) atoms. The summed E-state index contributed by atoms with van der Waals surface area (Å²) in [5.74, 6) is 0.773. The molecule has 0 bridgehead atoms. The molecule has 6 heteroatoms. The molecule has 1 amide bonds. The van der Waals surface area contributed by atoms with Gasteiger partial charge in [-0.15, -0.1) is 0 Å². The van der Waals surface area contributed by atoms with Crippen molar-refractivity contribution in [2.75, 3.05) is 38.8 Å². The van der Waals surface area contributed by atoms with Gasteiger partial charge in [-0.2, -0.15) is 17.0 Å². The van der Waals surface area contributed by atoms with Gasteiger partial charge in [0.25, 0.3) is 0 Å². The fraction of sp³-hybridized carbons (Fsp3) is 0.818. The number of thioether (sulfide) groups is 1. The highest BCUT2D eigenvalue weighted by Crippen LogP contribution is 2.03. The van der Waals surface area contributed by atoms with Crippen molar-refractivity contribution in [1.29, 1.82) is 5.26 Å². The molecule has 0 spiro atoms. The second kappa shape index (κ2) is 10.4. The van der Waals surface area contributed by atoms with E-state index in [9.17, 15) is 4.79 Å². The third-order valence-corrected chi connectivity index (χ3v) is 2.96. The Balaban J connectivity index is 4.23. The molecule has 5 nitrogen and oxygen atoms in total. The average molecular weight is 259 g/mol. The number of nitrogens with two attached hydrogens (primary N) is 1. The van der Waals surface area contributed by atoms with E-state index in [4.69, 9.17) is 15.7 Å². The maximum Gasteiger partial charge on any atom is 0.239 e. The third kappa shape index (κ3) is 7.21. The van der Waals surface area contributed by atoms with E-state index in [0.717, 1.165) is 5.75 Å². The highest BCUT2D eigenvalue weighted by Gasteiger charge is 2.19. The smallest absolute Gasteiger partial charge is 0.239 e. The van der Waals surface area contributed by atoms with Crippen LogP contribution in [0.2, 0.25) is 0 Å². The fourth-order valence-corrected chi connectivity index (χ4v) is 1.81. The van der Waals surface area contributed by atoms with Crippen LogP contribution in [0.4, 0.5) is 0 Å². The topological polar surface area (TPSA) is 79.3 Å². The van der Waals surface area contributed by atoms with Crippen molar-refractivity contribution in [2.24, 2.45) is 5.73 Å². The van der Waals surface area contributed by atoms with E-state index in [2.05, 4.69) is 0 Å². The number of carbonyl (C=O) groups is 1. The number of amides is 1. The predicted molar refractivity (Wildman–Crippen MR) is 69.7 cm³/mol. The largest absolute Gasteiger partial charge is 0.383 e. The molecule has 0 aromatic carbocycles. The van der Waals surface area contributed by atoms with Gasteiger partial charge in [0.15, 0.2) is 0 Å². The molecule has 1 atom stereocenters. The number of ether oxygens (including phenoxy) is 1. The van der Waals surface area contributed by atoms with Gasteiger partial charge in [0, 0.05) is 20.2 Å². The monoisotopic (exact) mass is 259 g/mol. The van der Waals surface area contributed by atoms with Crippen LogP contribution in [0.1, 0.15) is 12.8 Å². The lowest BCUT2D eigenvalue weighted by Gasteiger charge is -2.24. The van der Waals surface area contributed by atoms with Crippen LogP contribution >= 0.6 is 11.8 Å². The van der Waals surface area contributed by atoms with Crippen molar-refractivity contribution in [3.8, 4) is 6.07 Å². The van der Waals surface area contributed by atoms with E-state index in [-0.39, 0.29) is 5.91 Å². The normalized spacial score (nSPS) is 11.9. The Hall–Kier alpha value is -0.770.